The number of carbonyl (C=O) groups excluding carboxylic acids is 6. The Balaban J connectivity index is 0.000000399. The molecule has 0 fully saturated rings. The summed E-state index contributed by atoms with van der Waals surface area (Å²) in [5.41, 5.74) is 25.4. The first-order valence-corrected chi connectivity index (χ1v) is 46.6. The average Bonchev–Trinajstić information content (AvgIpc) is 1.58. The maximum Gasteiger partial charge on any atom is 0.373 e. The van der Waals surface area contributed by atoms with Crippen LogP contribution in [0.15, 0.2) is 261 Å². The van der Waals surface area contributed by atoms with Crippen LogP contribution in [0.1, 0.15) is 84.8 Å². The Hall–Kier alpha value is -7.55. The number of nitrogens with zero attached hydrogens (tertiary/aromatic N) is 5. The summed E-state index contributed by atoms with van der Waals surface area (Å²) in [5, 5.41) is 19.2. The summed E-state index contributed by atoms with van der Waals surface area (Å²) in [7, 11) is -6.22. The summed E-state index contributed by atoms with van der Waals surface area (Å²) in [6.45, 7) is 18.8. The standard InChI is InChI=1S/C19H17Cl2NO3S.C17H16ClNO2S.C17H16ClN.C16H14ClNO.C16H14ClN.C10H11N.C2H2Cl2O.2CO2.6V/c1-12-19(18(23)10-20)16-8-3-13(11-26(2,24)25)9-17(16)22(12)15-6-4-14(21)5-7-15;1-12-9-14-4-3-13(11-22(2,20)21)10-17(14)19(12)16-7-5-15(18)6-8-16;1-3-13-4-5-14-10-12(2)19(17(14)11-13)16-8-6-15(18)7-9-16;1-11-8-13-3-2-12(10-19)9-16(13)18(11)15-6-4-14(17)5-7-15;1-11-3-4-13-10-12(2)18(16(13)9-11)15-7-5-14(17)6-8-15;1-7-3-4-9-6-8(2)11-10(9)5-7;3-1-2(4)5;2*2-1-3;;;;;;/h3-9H,10-11H2,1-2H3;3-10H,11H2,1-2H3;4-11H,3H2,1-2H3;2-9,19H,10H2,1H3;3-10H,1-2H3;3-6,11H,1-2H3;1H2;;;;;;;;. The number of Topliss-reactive ketones (excluding diaryl/α,β-unsaturated/α-hetero) is 1. The molecule has 0 atom stereocenters. The van der Waals surface area contributed by atoms with Crippen LogP contribution in [-0.2, 0) is 180 Å². The normalized spacial score (nSPS) is 10.3. The minimum absolute atomic E-state index is 0. The van der Waals surface area contributed by atoms with Gasteiger partial charge in [0.15, 0.2) is 25.5 Å². The molecule has 17 aromatic rings. The van der Waals surface area contributed by atoms with Crippen LogP contribution >= 0.6 is 92.8 Å². The molecule has 6 aromatic heterocycles. The minimum atomic E-state index is -3.17. The fourth-order valence-electron chi connectivity index (χ4n) is 14.6. The Morgan fingerprint density at radius 2 is 0.636 bits per heavy atom. The summed E-state index contributed by atoms with van der Waals surface area (Å²) in [6.07, 6.45) is 4.00. The van der Waals surface area contributed by atoms with Crippen LogP contribution in [-0.4, -0.2) is 97.4 Å². The van der Waals surface area contributed by atoms with Gasteiger partial charge in [-0.15, -0.1) is 23.2 Å². The van der Waals surface area contributed by atoms with Gasteiger partial charge in [0.2, 0.25) is 5.24 Å². The number of fused-ring (bicyclic) bond motifs is 6. The Bertz CT molecular complexity index is 6920. The number of sulfone groups is 2. The maximum absolute atomic E-state index is 12.4. The number of rotatable bonds is 14. The molecule has 0 aliphatic carbocycles. The second-order valence-corrected chi connectivity index (χ2v) is 37.1. The third-order valence-electron chi connectivity index (χ3n) is 19.9. The van der Waals surface area contributed by atoms with Gasteiger partial charge in [-0.05, 0) is 300 Å². The van der Waals surface area contributed by atoms with E-state index < -0.39 is 24.9 Å². The largest absolute Gasteiger partial charge is 0.392 e. The molecule has 17 nitrogen and oxygen atoms in total. The van der Waals surface area contributed by atoms with Crippen molar-refractivity contribution in [3.63, 3.8) is 0 Å². The van der Waals surface area contributed by atoms with Crippen LogP contribution in [0.5, 0.6) is 0 Å². The molecule has 0 aliphatic heterocycles. The van der Waals surface area contributed by atoms with Crippen LogP contribution in [0.25, 0.3) is 93.9 Å². The molecule has 0 amide bonds. The van der Waals surface area contributed by atoms with Crippen molar-refractivity contribution >= 4 is 201 Å². The van der Waals surface area contributed by atoms with E-state index in [1.54, 1.807) is 24.3 Å². The molecular weight excluding hydrogens is 2100 g/mol. The predicted molar refractivity (Wildman–Crippen MR) is 517 cm³/mol. The first kappa shape index (κ1) is 119. The predicted octanol–water partition coefficient (Wildman–Crippen LogP) is 25.4. The second kappa shape index (κ2) is 55.6. The average molecular weight is 2190 g/mol. The number of carbonyl (C=O) groups is 2. The van der Waals surface area contributed by atoms with Crippen molar-refractivity contribution in [3.8, 4) is 28.4 Å². The topological polar surface area (TPSA) is 231 Å². The molecule has 0 aliphatic rings. The minimum Gasteiger partial charge on any atom is -0.392 e. The van der Waals surface area contributed by atoms with Gasteiger partial charge < -0.3 is 32.9 Å². The van der Waals surface area contributed by atoms with E-state index >= 15 is 0 Å². The van der Waals surface area contributed by atoms with E-state index in [1.165, 1.54) is 84.4 Å². The quantitative estimate of drug-likeness (QED) is 0.0590. The molecule has 0 saturated heterocycles. The number of halogens is 8. The van der Waals surface area contributed by atoms with Gasteiger partial charge in [-0.1, -0.05) is 138 Å². The number of H-pyrrole nitrogens is 1. The number of aryl methyl sites for hydroxylation is 8. The first-order valence-electron chi connectivity index (χ1n) is 39.1. The van der Waals surface area contributed by atoms with Gasteiger partial charge in [-0.2, -0.15) is 19.2 Å². The number of aliphatic hydroxyl groups is 1. The van der Waals surface area contributed by atoms with Gasteiger partial charge in [-0.3, -0.25) is 9.59 Å². The van der Waals surface area contributed by atoms with E-state index in [9.17, 15) is 31.5 Å². The van der Waals surface area contributed by atoms with E-state index in [4.69, 9.17) is 112 Å². The third-order valence-corrected chi connectivity index (χ3v) is 23.6. The van der Waals surface area contributed by atoms with Crippen LogP contribution in [0.2, 0.25) is 25.1 Å². The van der Waals surface area contributed by atoms with Crippen LogP contribution in [0, 0.1) is 55.4 Å². The summed E-state index contributed by atoms with van der Waals surface area (Å²) in [5.74, 6) is -0.397. The number of hydrogen-bond acceptors (Lipinski definition) is 11. The molecule has 11 aromatic carbocycles. The van der Waals surface area contributed by atoms with E-state index in [0.717, 1.165) is 105 Å². The van der Waals surface area contributed by atoms with E-state index in [1.807, 2.05) is 146 Å². The number of alkyl halides is 2. The zero-order chi connectivity index (χ0) is 92.0. The summed E-state index contributed by atoms with van der Waals surface area (Å²) in [6, 6.07) is 86.2. The van der Waals surface area contributed by atoms with Gasteiger partial charge in [0, 0.05) is 250 Å². The van der Waals surface area contributed by atoms with E-state index in [0.29, 0.717) is 21.2 Å². The molecule has 0 spiro atoms. The summed E-state index contributed by atoms with van der Waals surface area (Å²) in [4.78, 5) is 57.6. The van der Waals surface area contributed by atoms with Gasteiger partial charge in [0.25, 0.3) is 0 Å². The summed E-state index contributed by atoms with van der Waals surface area (Å²) >= 11 is 45.1. The van der Waals surface area contributed by atoms with Crippen LogP contribution < -0.4 is 0 Å². The number of aliphatic hydroxyl groups excluding tert-OH is 1. The van der Waals surface area contributed by atoms with E-state index in [-0.39, 0.29) is 159 Å². The molecule has 0 bridgehead atoms. The van der Waals surface area contributed by atoms with Crippen molar-refractivity contribution in [1.82, 2.24) is 27.8 Å². The molecule has 33 heteroatoms. The molecule has 0 unspecified atom stereocenters. The van der Waals surface area contributed by atoms with E-state index in [2.05, 4.69) is 181 Å². The van der Waals surface area contributed by atoms with Crippen molar-refractivity contribution in [3.05, 3.63) is 359 Å². The second-order valence-electron chi connectivity index (χ2n) is 29.7. The van der Waals surface area contributed by atoms with Crippen molar-refractivity contribution in [2.24, 2.45) is 0 Å². The number of hydrogen-bond donors (Lipinski definition) is 2. The summed E-state index contributed by atoms with van der Waals surface area (Å²) < 4.78 is 57.1. The first-order chi connectivity index (χ1) is 59.9. The molecular formula is C99H90Cl8N6O11S2V6. The Morgan fingerprint density at radius 3 is 0.962 bits per heavy atom. The zero-order valence-electron chi connectivity index (χ0n) is 73.4. The monoisotopic (exact) mass is 2190 g/mol. The third kappa shape index (κ3) is 32.9. The molecule has 6 radical (unpaired) electrons. The number of ketones is 1. The fraction of sp³-hybridized carbons (Fsp3) is 0.172. The Morgan fingerprint density at radius 1 is 0.356 bits per heavy atom. The number of benzene rings is 11. The van der Waals surface area contributed by atoms with Gasteiger partial charge in [-0.25, -0.2) is 16.8 Å². The molecule has 680 valence electrons. The van der Waals surface area contributed by atoms with Gasteiger partial charge >= 0.3 is 12.3 Å². The fourth-order valence-corrected chi connectivity index (χ4v) is 17.0. The van der Waals surface area contributed by atoms with Gasteiger partial charge in [0.1, 0.15) is 0 Å². The van der Waals surface area contributed by atoms with Crippen LogP contribution in [0.3, 0.4) is 0 Å². The molecule has 2 N–H and O–H groups in total. The van der Waals surface area contributed by atoms with Crippen molar-refractivity contribution in [1.29, 1.82) is 0 Å². The number of aromatic amines is 1. The number of nitrogens with one attached hydrogen (secondary N) is 1. The molecule has 17 rings (SSSR count). The maximum atomic E-state index is 12.4. The zero-order valence-corrected chi connectivity index (χ0v) is 89.4. The smallest absolute Gasteiger partial charge is 0.373 e. The molecule has 132 heavy (non-hydrogen) atoms. The van der Waals surface area contributed by atoms with Crippen molar-refractivity contribution < 1.29 is 162 Å². The van der Waals surface area contributed by atoms with Crippen molar-refractivity contribution in [2.75, 3.05) is 24.3 Å². The van der Waals surface area contributed by atoms with Crippen molar-refractivity contribution in [2.45, 2.75) is 86.8 Å². The number of aromatic nitrogens is 6. The Kier molecular flexibility index (Phi) is 50.0. The van der Waals surface area contributed by atoms with Gasteiger partial charge in [0.05, 0.1) is 57.5 Å². The van der Waals surface area contributed by atoms with Crippen LogP contribution in [0.4, 0.5) is 0 Å². The molecule has 6 heterocycles. The Labute approximate surface area is 880 Å². The molecule has 0 saturated carbocycles. The SMILES string of the molecule is CCc1ccc2cc(C)n(-c3ccc(Cl)cc3)c2c1.Cc1c(C(=O)CCl)c2ccc(CS(C)(=O)=O)cc2n1-c1ccc(Cl)cc1.Cc1cc2ccc(CO)cc2n1-c1ccc(Cl)cc1.Cc1cc2ccc(CS(C)(=O)=O)cc2n1-c1ccc(Cl)cc1.Cc1ccc2cc(C)[nH]c2c1.Cc1ccc2cc(C)n(-c3ccc(Cl)cc3)c2c1.O=C(Cl)CCl.O=C=O.O=C=O.[V].[V].[V].[V].[V].[V].